The molecule has 2 rings (SSSR count). The fraction of sp³-hybridized carbons (Fsp3) is 0.556. The average Bonchev–Trinajstić information content (AvgIpc) is 2.87. The van der Waals surface area contributed by atoms with E-state index in [4.69, 9.17) is 9.05 Å². The molecular weight excluding hydrogens is 560 g/mol. The normalized spacial score (nSPS) is 12.7. The molecule has 0 saturated heterocycles. The van der Waals surface area contributed by atoms with E-state index in [9.17, 15) is 4.57 Å². The van der Waals surface area contributed by atoms with Gasteiger partial charge in [-0.1, -0.05) is 0 Å². The van der Waals surface area contributed by atoms with E-state index in [-0.39, 0.29) is 13.2 Å². The molecule has 0 aliphatic carbocycles. The van der Waals surface area contributed by atoms with E-state index in [0.29, 0.717) is 24.4 Å². The van der Waals surface area contributed by atoms with Gasteiger partial charge in [-0.15, -0.1) is 0 Å². The standard InChI is InChI=1S/C15H14F2O3P.3C4H9.Sn/c16-15(17)21(18,19-11-13-7-3-1-4-8-13)20-12-14-9-5-2-6-10-14;3*1-3-4-2;/h1-10H,11-12H2;3*1,3-4H2,2H3;. The van der Waals surface area contributed by atoms with Gasteiger partial charge in [0, 0.05) is 0 Å². The summed E-state index contributed by atoms with van der Waals surface area (Å²) in [6.45, 7) is 5.79. The van der Waals surface area contributed by atoms with Crippen molar-refractivity contribution < 1.29 is 22.4 Å². The molecule has 34 heavy (non-hydrogen) atoms. The van der Waals surface area contributed by atoms with E-state index in [1.54, 1.807) is 24.3 Å². The van der Waals surface area contributed by atoms with Crippen LogP contribution in [0.1, 0.15) is 70.4 Å². The molecule has 0 spiro atoms. The Hall–Kier alpha value is -0.751. The minimum absolute atomic E-state index is 0.153. The maximum absolute atomic E-state index is 16.7. The number of alkyl halides is 2. The van der Waals surface area contributed by atoms with Gasteiger partial charge in [0.05, 0.1) is 0 Å². The maximum atomic E-state index is 16.7. The summed E-state index contributed by atoms with van der Waals surface area (Å²) in [5, 5.41) is 0. The van der Waals surface area contributed by atoms with Crippen molar-refractivity contribution >= 4 is 26.0 Å². The molecule has 190 valence electrons. The van der Waals surface area contributed by atoms with Crippen LogP contribution in [0.2, 0.25) is 13.3 Å². The number of benzene rings is 2. The fourth-order valence-corrected chi connectivity index (χ4v) is 27.8. The van der Waals surface area contributed by atoms with Crippen molar-refractivity contribution in [2.24, 2.45) is 0 Å². The van der Waals surface area contributed by atoms with Crippen LogP contribution in [-0.2, 0) is 26.8 Å². The zero-order valence-corrected chi connectivity index (χ0v) is 24.7. The van der Waals surface area contributed by atoms with E-state index in [2.05, 4.69) is 0 Å². The van der Waals surface area contributed by atoms with Crippen molar-refractivity contribution in [1.82, 2.24) is 0 Å². The summed E-state index contributed by atoms with van der Waals surface area (Å²) in [4.78, 5) is 0. The zero-order chi connectivity index (χ0) is 24.9. The third-order valence-corrected chi connectivity index (χ3v) is 28.5. The molecule has 0 aliphatic rings. The summed E-state index contributed by atoms with van der Waals surface area (Å²) < 4.78 is 57.2. The Bertz CT molecular complexity index is 795. The van der Waals surface area contributed by atoms with Crippen LogP contribution in [0.4, 0.5) is 8.78 Å². The molecule has 7 heteroatoms. The summed E-state index contributed by atoms with van der Waals surface area (Å²) in [5.74, 6) is 0. The third kappa shape index (κ3) is 7.88. The molecule has 0 aromatic heterocycles. The van der Waals surface area contributed by atoms with Gasteiger partial charge in [0.15, 0.2) is 0 Å². The van der Waals surface area contributed by atoms with Crippen LogP contribution >= 0.6 is 7.60 Å². The Balaban J connectivity index is 2.45. The fourth-order valence-electron chi connectivity index (χ4n) is 4.33. The number of hydrogen-bond donors (Lipinski definition) is 0. The number of unbranched alkanes of at least 4 members (excludes halogenated alkanes) is 3. The van der Waals surface area contributed by atoms with Crippen LogP contribution in [0.25, 0.3) is 0 Å². The van der Waals surface area contributed by atoms with Gasteiger partial charge in [0.1, 0.15) is 0 Å². The predicted octanol–water partition coefficient (Wildman–Crippen LogP) is 9.59. The van der Waals surface area contributed by atoms with Crippen molar-refractivity contribution in [1.29, 1.82) is 0 Å². The minimum atomic E-state index is -4.74. The first-order valence-electron chi connectivity index (χ1n) is 12.7. The summed E-state index contributed by atoms with van der Waals surface area (Å²) >= 11 is -4.33. The van der Waals surface area contributed by atoms with Gasteiger partial charge in [-0.05, 0) is 0 Å². The Labute approximate surface area is 209 Å². The summed E-state index contributed by atoms with van der Waals surface area (Å²) in [5.41, 5.74) is 1.41. The van der Waals surface area contributed by atoms with Crippen LogP contribution in [0, 0.1) is 0 Å². The average molecular weight is 601 g/mol. The van der Waals surface area contributed by atoms with Crippen molar-refractivity contribution in [3.8, 4) is 0 Å². The summed E-state index contributed by atoms with van der Waals surface area (Å²) in [7, 11) is -4.74. The topological polar surface area (TPSA) is 35.5 Å². The zero-order valence-electron chi connectivity index (χ0n) is 21.0. The van der Waals surface area contributed by atoms with Crippen LogP contribution in [-0.4, -0.2) is 22.1 Å². The second-order valence-corrected chi connectivity index (χ2v) is 25.8. The Kier molecular flexibility index (Phi) is 12.8. The Morgan fingerprint density at radius 1 is 0.706 bits per heavy atom. The van der Waals surface area contributed by atoms with E-state index in [0.717, 1.165) is 38.5 Å². The molecule has 0 amide bonds. The molecule has 2 aromatic rings. The second-order valence-electron chi connectivity index (χ2n) is 9.15. The monoisotopic (exact) mass is 602 g/mol. The first-order valence-corrected chi connectivity index (χ1v) is 21.7. The van der Waals surface area contributed by atoms with Gasteiger partial charge in [0.25, 0.3) is 0 Å². The first kappa shape index (κ1) is 29.5. The number of hydrogen-bond acceptors (Lipinski definition) is 3. The quantitative estimate of drug-likeness (QED) is 0.134. The van der Waals surface area contributed by atoms with Crippen LogP contribution < -0.4 is 0 Å². The van der Waals surface area contributed by atoms with E-state index < -0.39 is 29.7 Å². The molecule has 0 unspecified atom stereocenters. The molecule has 0 atom stereocenters. The molecule has 0 radical (unpaired) electrons. The van der Waals surface area contributed by atoms with Crippen LogP contribution in [0.15, 0.2) is 60.7 Å². The van der Waals surface area contributed by atoms with E-state index >= 15 is 8.78 Å². The van der Waals surface area contributed by atoms with Gasteiger partial charge >= 0.3 is 210 Å². The molecule has 3 nitrogen and oxygen atoms in total. The summed E-state index contributed by atoms with van der Waals surface area (Å²) in [6, 6.07) is 18.2. The van der Waals surface area contributed by atoms with Crippen LogP contribution in [0.5, 0.6) is 0 Å². The van der Waals surface area contributed by atoms with Gasteiger partial charge < -0.3 is 0 Å². The van der Waals surface area contributed by atoms with Crippen LogP contribution in [0.3, 0.4) is 0 Å². The van der Waals surface area contributed by atoms with Gasteiger partial charge in [0.2, 0.25) is 0 Å². The number of rotatable bonds is 17. The first-order chi connectivity index (χ1) is 16.3. The summed E-state index contributed by atoms with van der Waals surface area (Å²) in [6.07, 6.45) is 4.80. The van der Waals surface area contributed by atoms with Gasteiger partial charge in [-0.2, -0.15) is 0 Å². The molecule has 0 heterocycles. The molecular formula is C27H41F2O3PSn. The number of halogens is 2. The van der Waals surface area contributed by atoms with Gasteiger partial charge in [-0.3, -0.25) is 0 Å². The molecule has 0 saturated carbocycles. The SMILES string of the molecule is CCC[CH2][Sn]([CH2]CCC)([CH2]CCC)[C](F)(F)P(=O)(OCc1ccccc1)OCc1ccccc1. The van der Waals surface area contributed by atoms with Crippen molar-refractivity contribution in [2.45, 2.75) is 89.5 Å². The molecule has 0 aliphatic heterocycles. The van der Waals surface area contributed by atoms with Gasteiger partial charge in [-0.25, -0.2) is 0 Å². The Morgan fingerprint density at radius 2 is 1.06 bits per heavy atom. The van der Waals surface area contributed by atoms with E-state index in [1.807, 2.05) is 57.2 Å². The Morgan fingerprint density at radius 3 is 1.38 bits per heavy atom. The molecule has 2 aromatic carbocycles. The molecule has 0 bridgehead atoms. The van der Waals surface area contributed by atoms with Crippen molar-refractivity contribution in [3.63, 3.8) is 0 Å². The van der Waals surface area contributed by atoms with Crippen molar-refractivity contribution in [3.05, 3.63) is 71.8 Å². The van der Waals surface area contributed by atoms with E-state index in [1.165, 1.54) is 0 Å². The third-order valence-electron chi connectivity index (χ3n) is 6.50. The second kappa shape index (κ2) is 14.7. The molecule has 0 fully saturated rings. The van der Waals surface area contributed by atoms with Crippen molar-refractivity contribution in [2.75, 3.05) is 0 Å². The molecule has 0 N–H and O–H groups in total. The predicted molar refractivity (Wildman–Crippen MR) is 140 cm³/mol.